The van der Waals surface area contributed by atoms with Gasteiger partial charge in [-0.1, -0.05) is 51.3 Å². The Morgan fingerprint density at radius 1 is 1.03 bits per heavy atom. The van der Waals surface area contributed by atoms with Crippen molar-refractivity contribution in [1.82, 2.24) is 5.43 Å². The number of ether oxygens (including phenoxy) is 1. The number of benzene rings is 3. The quantitative estimate of drug-likeness (QED) is 0.242. The molecule has 6 nitrogen and oxygen atoms in total. The highest BCUT2D eigenvalue weighted by molar-refractivity contribution is 9.10. The highest BCUT2D eigenvalue weighted by atomic mass is 79.9. The van der Waals surface area contributed by atoms with Crippen molar-refractivity contribution in [3.8, 4) is 5.75 Å². The number of nitrogens with one attached hydrogen (secondary N) is 2. The molecule has 2 amide bonds. The number of carbonyl (C=O) groups excluding carboxylic acids is 2. The van der Waals surface area contributed by atoms with Gasteiger partial charge in [-0.15, -0.1) is 0 Å². The summed E-state index contributed by atoms with van der Waals surface area (Å²) in [5, 5.41) is 6.96. The second-order valence-corrected chi connectivity index (χ2v) is 8.62. The van der Waals surface area contributed by atoms with E-state index in [2.05, 4.69) is 31.8 Å². The zero-order valence-electron chi connectivity index (χ0n) is 17.5. The summed E-state index contributed by atoms with van der Waals surface area (Å²) in [7, 11) is 0. The first-order valence-electron chi connectivity index (χ1n) is 9.71. The molecule has 0 unspecified atom stereocenters. The van der Waals surface area contributed by atoms with E-state index in [1.165, 1.54) is 30.5 Å². The Hall–Kier alpha value is -3.08. The van der Waals surface area contributed by atoms with E-state index in [9.17, 15) is 22.8 Å². The molecular weight excluding hydrogens is 574 g/mol. The first-order chi connectivity index (χ1) is 16.5. The lowest BCUT2D eigenvalue weighted by atomic mass is 10.1. The molecule has 3 aromatic carbocycles. The number of anilines is 1. The van der Waals surface area contributed by atoms with E-state index in [0.29, 0.717) is 20.7 Å². The van der Waals surface area contributed by atoms with Crippen LogP contribution in [0.15, 0.2) is 70.2 Å². The van der Waals surface area contributed by atoms with Crippen molar-refractivity contribution in [1.29, 1.82) is 0 Å². The molecule has 2 N–H and O–H groups in total. The normalized spacial score (nSPS) is 11.4. The van der Waals surface area contributed by atoms with Crippen molar-refractivity contribution in [2.24, 2.45) is 5.10 Å². The number of hydrogen-bond donors (Lipinski definition) is 2. The standard InChI is InChI=1S/C23H15BrCl2F3N3O3/c24-14-5-8-20(35-12-21(33)31-15-6-7-18(25)19(26)10-15)13(9-14)11-30-32-22(34)16-3-1-2-4-17(16)23(27,28)29/h1-11H,12H2,(H,31,33)(H,32,34)/b30-11+. The van der Waals surface area contributed by atoms with Gasteiger partial charge in [0.2, 0.25) is 0 Å². The summed E-state index contributed by atoms with van der Waals surface area (Å²) in [6, 6.07) is 13.7. The third kappa shape index (κ3) is 7.45. The van der Waals surface area contributed by atoms with Crippen LogP contribution >= 0.6 is 39.1 Å². The lowest BCUT2D eigenvalue weighted by molar-refractivity contribution is -0.138. The summed E-state index contributed by atoms with van der Waals surface area (Å²) >= 11 is 15.1. The summed E-state index contributed by atoms with van der Waals surface area (Å²) in [5.74, 6) is -1.27. The summed E-state index contributed by atoms with van der Waals surface area (Å²) in [5.41, 5.74) is 1.20. The van der Waals surface area contributed by atoms with Crippen LogP contribution in [0.5, 0.6) is 5.75 Å². The molecule has 12 heteroatoms. The van der Waals surface area contributed by atoms with Gasteiger partial charge in [-0.3, -0.25) is 9.59 Å². The lowest BCUT2D eigenvalue weighted by Crippen LogP contribution is -2.22. The minimum atomic E-state index is -4.69. The molecule has 0 aliphatic heterocycles. The van der Waals surface area contributed by atoms with E-state index in [4.69, 9.17) is 27.9 Å². The van der Waals surface area contributed by atoms with E-state index in [1.54, 1.807) is 24.3 Å². The number of carbonyl (C=O) groups is 2. The van der Waals surface area contributed by atoms with Crippen LogP contribution in [-0.2, 0) is 11.0 Å². The largest absolute Gasteiger partial charge is 0.483 e. The van der Waals surface area contributed by atoms with E-state index >= 15 is 0 Å². The van der Waals surface area contributed by atoms with Gasteiger partial charge >= 0.3 is 6.18 Å². The third-order valence-electron chi connectivity index (χ3n) is 4.38. The SMILES string of the molecule is O=C(COc1ccc(Br)cc1/C=N/NC(=O)c1ccccc1C(F)(F)F)Nc1ccc(Cl)c(Cl)c1. The molecule has 0 fully saturated rings. The van der Waals surface area contributed by atoms with Crippen molar-refractivity contribution >= 4 is 62.8 Å². The molecule has 0 aliphatic rings. The average Bonchev–Trinajstić information content (AvgIpc) is 2.80. The van der Waals surface area contributed by atoms with Crippen molar-refractivity contribution < 1.29 is 27.5 Å². The molecule has 0 bridgehead atoms. The van der Waals surface area contributed by atoms with Crippen LogP contribution in [0.2, 0.25) is 10.0 Å². The highest BCUT2D eigenvalue weighted by Gasteiger charge is 2.34. The summed E-state index contributed by atoms with van der Waals surface area (Å²) in [6.07, 6.45) is -3.51. The average molecular weight is 589 g/mol. The molecule has 3 rings (SSSR count). The molecule has 0 atom stereocenters. The van der Waals surface area contributed by atoms with Gasteiger partial charge in [-0.25, -0.2) is 5.43 Å². The number of halogens is 6. The molecule has 3 aromatic rings. The van der Waals surface area contributed by atoms with E-state index in [1.807, 2.05) is 0 Å². The van der Waals surface area contributed by atoms with Gasteiger partial charge in [-0.2, -0.15) is 18.3 Å². The Morgan fingerprint density at radius 2 is 1.77 bits per heavy atom. The van der Waals surface area contributed by atoms with Gasteiger partial charge in [0.25, 0.3) is 11.8 Å². The number of alkyl halides is 3. The van der Waals surface area contributed by atoms with Gasteiger partial charge in [0, 0.05) is 15.7 Å². The maximum atomic E-state index is 13.1. The highest BCUT2D eigenvalue weighted by Crippen LogP contribution is 2.32. The van der Waals surface area contributed by atoms with Gasteiger partial charge < -0.3 is 10.1 Å². The third-order valence-corrected chi connectivity index (χ3v) is 5.61. The topological polar surface area (TPSA) is 79.8 Å². The fourth-order valence-corrected chi connectivity index (χ4v) is 3.49. The Balaban J connectivity index is 1.67. The Bertz CT molecular complexity index is 1290. The van der Waals surface area contributed by atoms with Crippen molar-refractivity contribution in [3.05, 3.63) is 91.9 Å². The zero-order chi connectivity index (χ0) is 25.6. The van der Waals surface area contributed by atoms with E-state index in [-0.39, 0.29) is 17.4 Å². The molecule has 0 aromatic heterocycles. The van der Waals surface area contributed by atoms with Crippen LogP contribution in [0.25, 0.3) is 0 Å². The van der Waals surface area contributed by atoms with Crippen LogP contribution in [0, 0.1) is 0 Å². The summed E-state index contributed by atoms with van der Waals surface area (Å²) in [6.45, 7) is -0.367. The molecule has 35 heavy (non-hydrogen) atoms. The number of amides is 2. The fourth-order valence-electron chi connectivity index (χ4n) is 2.81. The first-order valence-corrected chi connectivity index (χ1v) is 11.3. The maximum Gasteiger partial charge on any atom is 0.417 e. The summed E-state index contributed by atoms with van der Waals surface area (Å²) < 4.78 is 45.6. The van der Waals surface area contributed by atoms with Crippen molar-refractivity contribution in [2.75, 3.05) is 11.9 Å². The van der Waals surface area contributed by atoms with Crippen LogP contribution in [-0.4, -0.2) is 24.6 Å². The van der Waals surface area contributed by atoms with Crippen molar-refractivity contribution in [3.63, 3.8) is 0 Å². The molecular formula is C23H15BrCl2F3N3O3. The number of hydrazone groups is 1. The second-order valence-electron chi connectivity index (χ2n) is 6.89. The van der Waals surface area contributed by atoms with E-state index < -0.39 is 29.1 Å². The molecule has 0 saturated heterocycles. The summed E-state index contributed by atoms with van der Waals surface area (Å²) in [4.78, 5) is 24.5. The van der Waals surface area contributed by atoms with Crippen LogP contribution in [0.1, 0.15) is 21.5 Å². The fraction of sp³-hybridized carbons (Fsp3) is 0.0870. The number of rotatable bonds is 7. The molecule has 0 heterocycles. The van der Waals surface area contributed by atoms with Gasteiger partial charge in [0.05, 0.1) is 27.4 Å². The molecule has 182 valence electrons. The van der Waals surface area contributed by atoms with Crippen molar-refractivity contribution in [2.45, 2.75) is 6.18 Å². The number of nitrogens with zero attached hydrogens (tertiary/aromatic N) is 1. The number of hydrogen-bond acceptors (Lipinski definition) is 4. The molecule has 0 radical (unpaired) electrons. The molecule has 0 spiro atoms. The molecule has 0 aliphatic carbocycles. The zero-order valence-corrected chi connectivity index (χ0v) is 20.6. The van der Waals surface area contributed by atoms with Crippen LogP contribution < -0.4 is 15.5 Å². The van der Waals surface area contributed by atoms with Gasteiger partial charge in [0.1, 0.15) is 5.75 Å². The first kappa shape index (κ1) is 26.5. The lowest BCUT2D eigenvalue weighted by Gasteiger charge is -2.11. The predicted molar refractivity (Wildman–Crippen MR) is 131 cm³/mol. The minimum Gasteiger partial charge on any atom is -0.483 e. The minimum absolute atomic E-state index is 0.242. The van der Waals surface area contributed by atoms with Gasteiger partial charge in [0.15, 0.2) is 6.61 Å². The molecule has 0 saturated carbocycles. The maximum absolute atomic E-state index is 13.1. The van der Waals surface area contributed by atoms with Gasteiger partial charge in [-0.05, 0) is 48.5 Å². The van der Waals surface area contributed by atoms with Crippen LogP contribution in [0.3, 0.4) is 0 Å². The Morgan fingerprint density at radius 3 is 2.49 bits per heavy atom. The monoisotopic (exact) mass is 587 g/mol. The van der Waals surface area contributed by atoms with Crippen LogP contribution in [0.4, 0.5) is 18.9 Å². The smallest absolute Gasteiger partial charge is 0.417 e. The van der Waals surface area contributed by atoms with E-state index in [0.717, 1.165) is 12.1 Å². The predicted octanol–water partition coefficient (Wildman–Crippen LogP) is 6.56. The Kier molecular flexibility index (Phi) is 8.76. The second kappa shape index (κ2) is 11.6. The Labute approximate surface area is 216 Å².